The van der Waals surface area contributed by atoms with E-state index in [0.717, 1.165) is 95.5 Å². The van der Waals surface area contributed by atoms with Crippen LogP contribution in [0.3, 0.4) is 0 Å². The molecule has 0 amide bonds. The van der Waals surface area contributed by atoms with Crippen LogP contribution >= 0.6 is 0 Å². The molecule has 0 aliphatic heterocycles. The maximum atomic E-state index is 13.3. The molecule has 3 aromatic heterocycles. The molecule has 0 aliphatic carbocycles. The zero-order valence-electron chi connectivity index (χ0n) is 40.4. The normalized spacial score (nSPS) is 10.8. The predicted molar refractivity (Wildman–Crippen MR) is 274 cm³/mol. The van der Waals surface area contributed by atoms with Gasteiger partial charge in [-0.25, -0.2) is 56.2 Å². The van der Waals surface area contributed by atoms with Gasteiger partial charge in [-0.1, -0.05) is 119 Å². The number of hydrogen-bond donors (Lipinski definition) is 0. The summed E-state index contributed by atoms with van der Waals surface area (Å²) in [5.74, 6) is -4.21. The Morgan fingerprint density at radius 3 is 0.819 bits per heavy atom. The first-order valence-corrected chi connectivity index (χ1v) is 24.1. The van der Waals surface area contributed by atoms with Crippen molar-refractivity contribution < 1.29 is 26.3 Å². The predicted octanol–water partition coefficient (Wildman–Crippen LogP) is 16.3. The van der Waals surface area contributed by atoms with Crippen molar-refractivity contribution in [3.63, 3.8) is 0 Å². The molecule has 0 unspecified atom stereocenters. The van der Waals surface area contributed by atoms with Crippen molar-refractivity contribution in [3.8, 4) is 67.5 Å². The molecule has 6 aromatic carbocycles. The molecule has 0 N–H and O–H groups in total. The van der Waals surface area contributed by atoms with Gasteiger partial charge in [-0.05, 0) is 120 Å². The summed E-state index contributed by atoms with van der Waals surface area (Å²) >= 11 is 0. The molecule has 9 rings (SSSR count). The van der Waals surface area contributed by atoms with Gasteiger partial charge in [0.15, 0.2) is 52.4 Å². The molecule has 12 heteroatoms. The highest BCUT2D eigenvalue weighted by molar-refractivity contribution is 5.66. The summed E-state index contributed by atoms with van der Waals surface area (Å²) in [6.45, 7) is 6.53. The lowest BCUT2D eigenvalue weighted by molar-refractivity contribution is 0.509. The van der Waals surface area contributed by atoms with E-state index in [9.17, 15) is 26.3 Å². The molecule has 0 saturated carbocycles. The van der Waals surface area contributed by atoms with Crippen molar-refractivity contribution >= 4 is 0 Å². The van der Waals surface area contributed by atoms with Crippen molar-refractivity contribution in [3.05, 3.63) is 216 Å². The molecule has 72 heavy (non-hydrogen) atoms. The summed E-state index contributed by atoms with van der Waals surface area (Å²) in [6.07, 6.45) is 20.6. The van der Waals surface area contributed by atoms with E-state index in [1.54, 1.807) is 37.2 Å². The number of aryl methyl sites for hydroxylation is 3. The van der Waals surface area contributed by atoms with Gasteiger partial charge in [0.25, 0.3) is 0 Å². The van der Waals surface area contributed by atoms with Crippen LogP contribution in [0.2, 0.25) is 0 Å². The van der Waals surface area contributed by atoms with Gasteiger partial charge in [-0.15, -0.1) is 0 Å². The molecular weight excluding hydrogens is 919 g/mol. The van der Waals surface area contributed by atoms with Crippen LogP contribution in [0.1, 0.15) is 76.0 Å². The van der Waals surface area contributed by atoms with E-state index in [2.05, 4.69) is 111 Å². The van der Waals surface area contributed by atoms with E-state index >= 15 is 0 Å². The van der Waals surface area contributed by atoms with Crippen molar-refractivity contribution in [2.45, 2.75) is 78.6 Å². The van der Waals surface area contributed by atoms with Gasteiger partial charge in [0.1, 0.15) is 0 Å². The number of aromatic nitrogens is 6. The van der Waals surface area contributed by atoms with Gasteiger partial charge < -0.3 is 0 Å². The molecule has 0 spiro atoms. The highest BCUT2D eigenvalue weighted by Crippen LogP contribution is 2.26. The Balaban J connectivity index is 0.000000159. The number of unbranched alkanes of at least 4 members (excludes halogenated alkanes) is 3. The first-order chi connectivity index (χ1) is 35.0. The second kappa shape index (κ2) is 25.8. The minimum atomic E-state index is -0.901. The molecule has 6 nitrogen and oxygen atoms in total. The van der Waals surface area contributed by atoms with Gasteiger partial charge in [0, 0.05) is 70.6 Å². The Morgan fingerprint density at radius 2 is 0.542 bits per heavy atom. The number of hydrogen-bond acceptors (Lipinski definition) is 6. The second-order valence-electron chi connectivity index (χ2n) is 17.2. The van der Waals surface area contributed by atoms with E-state index in [1.165, 1.54) is 67.0 Å². The Kier molecular flexibility index (Phi) is 18.7. The van der Waals surface area contributed by atoms with Crippen LogP contribution in [-0.2, 0) is 19.3 Å². The number of benzene rings is 6. The van der Waals surface area contributed by atoms with Gasteiger partial charge in [0.05, 0.1) is 0 Å². The molecule has 0 saturated heterocycles. The van der Waals surface area contributed by atoms with E-state index in [-0.39, 0.29) is 0 Å². The lowest BCUT2D eigenvalue weighted by Gasteiger charge is -2.06. The van der Waals surface area contributed by atoms with E-state index < -0.39 is 34.9 Å². The first-order valence-electron chi connectivity index (χ1n) is 24.1. The average Bonchev–Trinajstić information content (AvgIpc) is 3.42. The number of halogens is 6. The Morgan fingerprint density at radius 1 is 0.264 bits per heavy atom. The fourth-order valence-corrected chi connectivity index (χ4v) is 7.62. The first kappa shape index (κ1) is 52.0. The molecule has 0 atom stereocenters. The molecule has 0 bridgehead atoms. The summed E-state index contributed by atoms with van der Waals surface area (Å²) in [4.78, 5) is 25.6. The minimum Gasteiger partial charge on any atom is -0.236 e. The molecule has 3 heterocycles. The quantitative estimate of drug-likeness (QED) is 0.0752. The monoisotopic (exact) mass is 972 g/mol. The van der Waals surface area contributed by atoms with Crippen LogP contribution < -0.4 is 0 Å². The lowest BCUT2D eigenvalue weighted by atomic mass is 10.0. The van der Waals surface area contributed by atoms with Crippen molar-refractivity contribution in [2.24, 2.45) is 0 Å². The topological polar surface area (TPSA) is 77.3 Å². The highest BCUT2D eigenvalue weighted by atomic mass is 19.2. The van der Waals surface area contributed by atoms with Gasteiger partial charge >= 0.3 is 0 Å². The van der Waals surface area contributed by atoms with Crippen LogP contribution in [-0.4, -0.2) is 29.9 Å². The molecular formula is C60H54F6N6. The Hall–Kier alpha value is -7.86. The summed E-state index contributed by atoms with van der Waals surface area (Å²) in [5, 5.41) is 0. The zero-order valence-corrected chi connectivity index (χ0v) is 40.4. The van der Waals surface area contributed by atoms with E-state index in [4.69, 9.17) is 0 Å². The maximum absolute atomic E-state index is 13.3. The zero-order chi connectivity index (χ0) is 50.8. The smallest absolute Gasteiger partial charge is 0.159 e. The van der Waals surface area contributed by atoms with Crippen LogP contribution in [0.25, 0.3) is 67.5 Å². The molecule has 0 aliphatic rings. The highest BCUT2D eigenvalue weighted by Gasteiger charge is 2.11. The van der Waals surface area contributed by atoms with Crippen LogP contribution in [0.15, 0.2) is 165 Å². The SMILES string of the molecule is CCCCCc1ccc(-c2cnc(-c3ccc(F)c(F)c3)nc2)cc1.CCCCc1ccc(-c2cnc(-c3ccc(F)c(F)c3)nc2)cc1.CCCc1ccc(-c2cnc(-c3ccc(F)c(F)c3)nc2)cc1. The molecule has 0 radical (unpaired) electrons. The van der Waals surface area contributed by atoms with Gasteiger partial charge in [-0.3, -0.25) is 0 Å². The lowest BCUT2D eigenvalue weighted by Crippen LogP contribution is -1.92. The maximum Gasteiger partial charge on any atom is 0.159 e. The van der Waals surface area contributed by atoms with E-state index in [1.807, 2.05) is 12.1 Å². The van der Waals surface area contributed by atoms with Crippen LogP contribution in [0.5, 0.6) is 0 Å². The van der Waals surface area contributed by atoms with Crippen molar-refractivity contribution in [2.75, 3.05) is 0 Å². The third kappa shape index (κ3) is 14.4. The van der Waals surface area contributed by atoms with Gasteiger partial charge in [0.2, 0.25) is 0 Å². The Bertz CT molecular complexity index is 3110. The Labute approximate surface area is 417 Å². The standard InChI is InChI=1S/C21H20F2N2.C20H18F2N2.C19H16F2N2/c1-2-3-4-5-15-6-8-16(9-7-15)18-13-24-21(25-14-18)17-10-11-19(22)20(23)12-17;1-2-3-4-14-5-7-15(8-6-14)17-12-23-20(24-13-17)16-9-10-18(21)19(22)11-16;1-2-3-13-4-6-14(7-5-13)16-11-22-19(23-12-16)15-8-9-17(20)18(21)10-15/h6-14H,2-5H2,1H3;5-13H,2-4H2,1H3;4-12H,2-3H2,1H3. The fraction of sp³-hybridized carbons (Fsp3) is 0.200. The number of rotatable bonds is 15. The average molecular weight is 973 g/mol. The third-order valence-electron chi connectivity index (χ3n) is 11.8. The van der Waals surface area contributed by atoms with Crippen molar-refractivity contribution in [1.29, 1.82) is 0 Å². The van der Waals surface area contributed by atoms with Crippen molar-refractivity contribution in [1.82, 2.24) is 29.9 Å². The van der Waals surface area contributed by atoms with Crippen LogP contribution in [0.4, 0.5) is 26.3 Å². The molecule has 9 aromatic rings. The summed E-state index contributed by atoms with van der Waals surface area (Å²) in [6, 6.07) is 36.0. The fourth-order valence-electron chi connectivity index (χ4n) is 7.62. The largest absolute Gasteiger partial charge is 0.236 e. The molecule has 366 valence electrons. The number of nitrogens with zero attached hydrogens (tertiary/aromatic N) is 6. The molecule has 0 fully saturated rings. The summed E-state index contributed by atoms with van der Waals surface area (Å²) in [7, 11) is 0. The second-order valence-corrected chi connectivity index (χ2v) is 17.2. The minimum absolute atomic E-state index is 0.371. The summed E-state index contributed by atoms with van der Waals surface area (Å²) in [5.41, 5.74) is 11.1. The van der Waals surface area contributed by atoms with Crippen LogP contribution in [0, 0.1) is 34.9 Å². The van der Waals surface area contributed by atoms with E-state index in [0.29, 0.717) is 34.2 Å². The summed E-state index contributed by atoms with van der Waals surface area (Å²) < 4.78 is 78.9. The third-order valence-corrected chi connectivity index (χ3v) is 11.8. The van der Waals surface area contributed by atoms with Gasteiger partial charge in [-0.2, -0.15) is 0 Å².